The monoisotopic (exact) mass is 186 g/mol. The SMILES string of the molecule is Clc1ccsc1-c1nnn[nH]1. The summed E-state index contributed by atoms with van der Waals surface area (Å²) in [6.45, 7) is 0. The molecule has 0 aliphatic rings. The number of hydrogen-bond acceptors (Lipinski definition) is 4. The summed E-state index contributed by atoms with van der Waals surface area (Å²) in [5.41, 5.74) is 0. The lowest BCUT2D eigenvalue weighted by Crippen LogP contribution is -1.75. The van der Waals surface area contributed by atoms with Gasteiger partial charge in [-0.05, 0) is 21.9 Å². The minimum atomic E-state index is 0.616. The van der Waals surface area contributed by atoms with Crippen molar-refractivity contribution in [2.75, 3.05) is 0 Å². The highest BCUT2D eigenvalue weighted by Gasteiger charge is 2.07. The van der Waals surface area contributed by atoms with E-state index in [1.807, 2.05) is 11.4 Å². The van der Waals surface area contributed by atoms with Crippen LogP contribution in [-0.4, -0.2) is 20.6 Å². The van der Waals surface area contributed by atoms with Crippen LogP contribution in [-0.2, 0) is 0 Å². The Balaban J connectivity index is 2.53. The van der Waals surface area contributed by atoms with Crippen LogP contribution >= 0.6 is 22.9 Å². The first kappa shape index (κ1) is 6.75. The van der Waals surface area contributed by atoms with E-state index in [1.54, 1.807) is 0 Å². The molecular weight excluding hydrogens is 184 g/mol. The quantitative estimate of drug-likeness (QED) is 0.736. The van der Waals surface area contributed by atoms with Gasteiger partial charge in [-0.25, -0.2) is 5.10 Å². The molecule has 0 fully saturated rings. The number of nitrogens with zero attached hydrogens (tertiary/aromatic N) is 3. The van der Waals surface area contributed by atoms with Crippen molar-refractivity contribution in [1.82, 2.24) is 20.6 Å². The predicted molar refractivity (Wildman–Crippen MR) is 42.5 cm³/mol. The first-order valence-electron chi connectivity index (χ1n) is 2.85. The first-order chi connectivity index (χ1) is 5.38. The molecule has 0 radical (unpaired) electrons. The molecule has 6 heteroatoms. The minimum absolute atomic E-state index is 0.616. The second-order valence-corrected chi connectivity index (χ2v) is 3.17. The van der Waals surface area contributed by atoms with E-state index in [2.05, 4.69) is 20.6 Å². The maximum atomic E-state index is 5.83. The van der Waals surface area contributed by atoms with E-state index >= 15 is 0 Å². The lowest BCUT2D eigenvalue weighted by atomic mass is 10.4. The van der Waals surface area contributed by atoms with Crippen LogP contribution in [0.25, 0.3) is 10.7 Å². The van der Waals surface area contributed by atoms with Gasteiger partial charge in [0.2, 0.25) is 0 Å². The molecule has 56 valence electrons. The van der Waals surface area contributed by atoms with Crippen LogP contribution in [0.5, 0.6) is 0 Å². The molecule has 0 atom stereocenters. The fourth-order valence-electron chi connectivity index (χ4n) is 0.718. The number of halogens is 1. The van der Waals surface area contributed by atoms with Gasteiger partial charge in [-0.2, -0.15) is 0 Å². The topological polar surface area (TPSA) is 54.5 Å². The van der Waals surface area contributed by atoms with E-state index in [1.165, 1.54) is 11.3 Å². The van der Waals surface area contributed by atoms with E-state index < -0.39 is 0 Å². The second kappa shape index (κ2) is 2.60. The molecule has 0 amide bonds. The average Bonchev–Trinajstić information content (AvgIpc) is 2.55. The van der Waals surface area contributed by atoms with E-state index in [9.17, 15) is 0 Å². The van der Waals surface area contributed by atoms with Gasteiger partial charge < -0.3 is 0 Å². The lowest BCUT2D eigenvalue weighted by Gasteiger charge is -1.86. The van der Waals surface area contributed by atoms with Gasteiger partial charge in [0, 0.05) is 0 Å². The highest BCUT2D eigenvalue weighted by molar-refractivity contribution is 7.14. The van der Waals surface area contributed by atoms with Gasteiger partial charge in [0.15, 0.2) is 5.82 Å². The molecule has 2 aromatic heterocycles. The van der Waals surface area contributed by atoms with Gasteiger partial charge >= 0.3 is 0 Å². The summed E-state index contributed by atoms with van der Waals surface area (Å²) in [6.07, 6.45) is 0. The number of hydrogen-bond donors (Lipinski definition) is 1. The Morgan fingerprint density at radius 3 is 3.00 bits per heavy atom. The molecule has 0 aromatic carbocycles. The van der Waals surface area contributed by atoms with Crippen molar-refractivity contribution < 1.29 is 0 Å². The third-order valence-corrected chi connectivity index (χ3v) is 2.53. The van der Waals surface area contributed by atoms with Crippen molar-refractivity contribution in [3.63, 3.8) is 0 Å². The van der Waals surface area contributed by atoms with E-state index in [4.69, 9.17) is 11.6 Å². The fourth-order valence-corrected chi connectivity index (χ4v) is 1.80. The molecule has 0 bridgehead atoms. The van der Waals surface area contributed by atoms with Crippen LogP contribution in [0.15, 0.2) is 11.4 Å². The maximum Gasteiger partial charge on any atom is 0.191 e. The smallest absolute Gasteiger partial charge is 0.191 e. The third-order valence-electron chi connectivity index (χ3n) is 1.18. The predicted octanol–water partition coefficient (Wildman–Crippen LogP) is 1.58. The van der Waals surface area contributed by atoms with E-state index in [0.717, 1.165) is 4.88 Å². The summed E-state index contributed by atoms with van der Waals surface area (Å²) in [5, 5.41) is 15.8. The molecular formula is C5H3ClN4S. The first-order valence-corrected chi connectivity index (χ1v) is 4.11. The van der Waals surface area contributed by atoms with Gasteiger partial charge in [0.1, 0.15) is 0 Å². The fraction of sp³-hybridized carbons (Fsp3) is 0. The van der Waals surface area contributed by atoms with Gasteiger partial charge in [-0.15, -0.1) is 16.4 Å². The zero-order chi connectivity index (χ0) is 7.68. The molecule has 0 aliphatic carbocycles. The number of rotatable bonds is 1. The molecule has 1 N–H and O–H groups in total. The summed E-state index contributed by atoms with van der Waals surface area (Å²) in [5.74, 6) is 0.616. The van der Waals surface area contributed by atoms with E-state index in [-0.39, 0.29) is 0 Å². The normalized spacial score (nSPS) is 10.3. The second-order valence-electron chi connectivity index (χ2n) is 1.85. The number of aromatic amines is 1. The van der Waals surface area contributed by atoms with Crippen LogP contribution in [0.3, 0.4) is 0 Å². The van der Waals surface area contributed by atoms with Crippen LogP contribution < -0.4 is 0 Å². The van der Waals surface area contributed by atoms with Crippen LogP contribution in [0.1, 0.15) is 0 Å². The van der Waals surface area contributed by atoms with Crippen molar-refractivity contribution in [2.45, 2.75) is 0 Å². The zero-order valence-electron chi connectivity index (χ0n) is 5.28. The van der Waals surface area contributed by atoms with Gasteiger partial charge in [-0.3, -0.25) is 0 Å². The number of aromatic nitrogens is 4. The zero-order valence-corrected chi connectivity index (χ0v) is 6.85. The molecule has 0 saturated carbocycles. The molecule has 2 rings (SSSR count). The Labute approximate surface area is 71.2 Å². The van der Waals surface area contributed by atoms with Crippen molar-refractivity contribution in [1.29, 1.82) is 0 Å². The van der Waals surface area contributed by atoms with Gasteiger partial charge in [0.05, 0.1) is 9.90 Å². The summed E-state index contributed by atoms with van der Waals surface area (Å²) < 4.78 is 0. The molecule has 0 aliphatic heterocycles. The highest BCUT2D eigenvalue weighted by Crippen LogP contribution is 2.29. The van der Waals surface area contributed by atoms with Crippen LogP contribution in [0, 0.1) is 0 Å². The molecule has 4 nitrogen and oxygen atoms in total. The maximum absolute atomic E-state index is 5.83. The summed E-state index contributed by atoms with van der Waals surface area (Å²) in [6, 6.07) is 1.81. The molecule has 11 heavy (non-hydrogen) atoms. The molecule has 2 aromatic rings. The number of tetrazole rings is 1. The number of H-pyrrole nitrogens is 1. The summed E-state index contributed by atoms with van der Waals surface area (Å²) >= 11 is 7.33. The lowest BCUT2D eigenvalue weighted by molar-refractivity contribution is 0.881. The Morgan fingerprint density at radius 1 is 1.55 bits per heavy atom. The largest absolute Gasteiger partial charge is 0.238 e. The van der Waals surface area contributed by atoms with E-state index in [0.29, 0.717) is 10.8 Å². The minimum Gasteiger partial charge on any atom is -0.238 e. The van der Waals surface area contributed by atoms with Gasteiger partial charge in [0.25, 0.3) is 0 Å². The standard InChI is InChI=1S/C5H3ClN4S/c6-3-1-2-11-4(3)5-7-9-10-8-5/h1-2H,(H,7,8,9,10). The number of thiophene rings is 1. The summed E-state index contributed by atoms with van der Waals surface area (Å²) in [4.78, 5) is 0.872. The van der Waals surface area contributed by atoms with Crippen LogP contribution in [0.4, 0.5) is 0 Å². The van der Waals surface area contributed by atoms with Crippen molar-refractivity contribution in [3.8, 4) is 10.7 Å². The van der Waals surface area contributed by atoms with Crippen molar-refractivity contribution >= 4 is 22.9 Å². The number of nitrogens with one attached hydrogen (secondary N) is 1. The molecule has 0 saturated heterocycles. The Bertz CT molecular complexity index is 341. The van der Waals surface area contributed by atoms with Crippen LogP contribution in [0.2, 0.25) is 5.02 Å². The molecule has 0 unspecified atom stereocenters. The summed E-state index contributed by atoms with van der Waals surface area (Å²) in [7, 11) is 0. The molecule has 0 spiro atoms. The molecule has 2 heterocycles. The Kier molecular flexibility index (Phi) is 1.59. The van der Waals surface area contributed by atoms with Crippen molar-refractivity contribution in [3.05, 3.63) is 16.5 Å². The Morgan fingerprint density at radius 2 is 2.45 bits per heavy atom. The third kappa shape index (κ3) is 1.12. The Hall–Kier alpha value is -0.940. The van der Waals surface area contributed by atoms with Crippen molar-refractivity contribution in [2.24, 2.45) is 0 Å². The average molecular weight is 187 g/mol. The van der Waals surface area contributed by atoms with Gasteiger partial charge in [-0.1, -0.05) is 11.6 Å². The highest BCUT2D eigenvalue weighted by atomic mass is 35.5.